The first-order chi connectivity index (χ1) is 12.6. The molecule has 3 aliphatic carbocycles. The Morgan fingerprint density at radius 2 is 2.04 bits per heavy atom. The van der Waals surface area contributed by atoms with E-state index in [-0.39, 0.29) is 47.6 Å². The van der Waals surface area contributed by atoms with Crippen LogP contribution in [0.1, 0.15) is 63.4 Å². The molecule has 1 aromatic heterocycles. The summed E-state index contributed by atoms with van der Waals surface area (Å²) in [7, 11) is 0. The molecule has 26 heavy (non-hydrogen) atoms. The molecule has 0 spiro atoms. The van der Waals surface area contributed by atoms with Gasteiger partial charge >= 0.3 is 5.97 Å². The first-order valence-electron chi connectivity index (χ1n) is 9.86. The van der Waals surface area contributed by atoms with Crippen LogP contribution in [0.25, 0.3) is 0 Å². The Morgan fingerprint density at radius 1 is 1.23 bits per heavy atom. The number of carbonyl (C=O) groups excluding carboxylic acids is 3. The largest absolute Gasteiger partial charge is 0.472 e. The summed E-state index contributed by atoms with van der Waals surface area (Å²) in [5.74, 6) is 0.407. The second-order valence-electron chi connectivity index (χ2n) is 8.11. The lowest BCUT2D eigenvalue weighted by atomic mass is 9.55. The lowest BCUT2D eigenvalue weighted by molar-refractivity contribution is -0.164. The van der Waals surface area contributed by atoms with Gasteiger partial charge in [-0.1, -0.05) is 6.92 Å². The summed E-state index contributed by atoms with van der Waals surface area (Å²) in [6, 6.07) is 1.92. The molecule has 0 bridgehead atoms. The average Bonchev–Trinajstić information content (AvgIpc) is 3.18. The normalized spacial score (nSPS) is 37.0. The Morgan fingerprint density at radius 3 is 2.77 bits per heavy atom. The predicted octanol–water partition coefficient (Wildman–Crippen LogP) is 3.67. The minimum absolute atomic E-state index is 0.0102. The zero-order chi connectivity index (χ0) is 18.3. The zero-order valence-electron chi connectivity index (χ0n) is 15.2. The maximum absolute atomic E-state index is 13.2. The monoisotopic (exact) mass is 358 g/mol. The molecule has 0 N–H and O–H groups in total. The molecular weight excluding hydrogens is 332 g/mol. The van der Waals surface area contributed by atoms with Crippen LogP contribution in [0, 0.1) is 23.7 Å². The van der Waals surface area contributed by atoms with Gasteiger partial charge in [-0.15, -0.1) is 0 Å². The third kappa shape index (κ3) is 3.01. The van der Waals surface area contributed by atoms with Gasteiger partial charge in [0.25, 0.3) is 0 Å². The van der Waals surface area contributed by atoms with E-state index in [1.54, 1.807) is 19.5 Å². The lowest BCUT2D eigenvalue weighted by Gasteiger charge is -2.48. The van der Waals surface area contributed by atoms with E-state index in [1.165, 1.54) is 0 Å². The van der Waals surface area contributed by atoms with Crippen molar-refractivity contribution >= 4 is 17.5 Å². The van der Waals surface area contributed by atoms with E-state index in [0.717, 1.165) is 31.2 Å². The fourth-order valence-electron chi connectivity index (χ4n) is 5.51. The summed E-state index contributed by atoms with van der Waals surface area (Å²) in [4.78, 5) is 37.6. The van der Waals surface area contributed by atoms with Crippen molar-refractivity contribution in [2.45, 2.75) is 63.9 Å². The number of ether oxygens (including phenoxy) is 1. The summed E-state index contributed by atoms with van der Waals surface area (Å²) < 4.78 is 10.6. The number of carbonyl (C=O) groups is 3. The highest BCUT2D eigenvalue weighted by molar-refractivity contribution is 5.91. The molecule has 140 valence electrons. The summed E-state index contributed by atoms with van der Waals surface area (Å²) in [6.45, 7) is 1.74. The molecule has 0 aliphatic heterocycles. The van der Waals surface area contributed by atoms with Crippen LogP contribution in [-0.2, 0) is 19.1 Å². The molecule has 0 amide bonds. The van der Waals surface area contributed by atoms with Crippen molar-refractivity contribution in [1.29, 1.82) is 0 Å². The van der Waals surface area contributed by atoms with Gasteiger partial charge in [0.05, 0.1) is 12.5 Å². The molecule has 3 fully saturated rings. The van der Waals surface area contributed by atoms with Crippen molar-refractivity contribution in [1.82, 2.24) is 0 Å². The summed E-state index contributed by atoms with van der Waals surface area (Å²) in [5.41, 5.74) is 1.05. The highest BCUT2D eigenvalue weighted by atomic mass is 16.5. The minimum atomic E-state index is -0.619. The Kier molecular flexibility index (Phi) is 4.72. The zero-order valence-corrected chi connectivity index (χ0v) is 15.2. The summed E-state index contributed by atoms with van der Waals surface area (Å²) in [6.07, 6.45) is 7.78. The van der Waals surface area contributed by atoms with E-state index < -0.39 is 6.10 Å². The second kappa shape index (κ2) is 7.01. The molecule has 5 heteroatoms. The third-order valence-corrected chi connectivity index (χ3v) is 6.77. The van der Waals surface area contributed by atoms with E-state index in [0.29, 0.717) is 18.8 Å². The third-order valence-electron chi connectivity index (χ3n) is 6.77. The number of rotatable bonds is 3. The van der Waals surface area contributed by atoms with Crippen molar-refractivity contribution in [3.05, 3.63) is 24.2 Å². The van der Waals surface area contributed by atoms with Gasteiger partial charge in [0.2, 0.25) is 0 Å². The number of esters is 1. The molecule has 6 atom stereocenters. The van der Waals surface area contributed by atoms with Gasteiger partial charge < -0.3 is 9.15 Å². The number of hydrogen-bond acceptors (Lipinski definition) is 5. The highest BCUT2D eigenvalue weighted by Gasteiger charge is 2.52. The number of hydrogen-bond donors (Lipinski definition) is 0. The molecule has 6 unspecified atom stereocenters. The molecule has 1 heterocycles. The van der Waals surface area contributed by atoms with Crippen molar-refractivity contribution < 1.29 is 23.5 Å². The number of fused-ring (bicyclic) bond motifs is 3. The van der Waals surface area contributed by atoms with Gasteiger partial charge in [-0.05, 0) is 61.5 Å². The fourth-order valence-corrected chi connectivity index (χ4v) is 5.51. The maximum atomic E-state index is 13.2. The van der Waals surface area contributed by atoms with E-state index in [9.17, 15) is 14.4 Å². The van der Waals surface area contributed by atoms with Crippen molar-refractivity contribution in [2.75, 3.05) is 0 Å². The Balaban J connectivity index is 1.57. The molecule has 5 nitrogen and oxygen atoms in total. The van der Waals surface area contributed by atoms with Crippen LogP contribution in [0.5, 0.6) is 0 Å². The van der Waals surface area contributed by atoms with E-state index in [1.807, 2.05) is 6.07 Å². The van der Waals surface area contributed by atoms with Gasteiger partial charge in [-0.3, -0.25) is 14.4 Å². The van der Waals surface area contributed by atoms with Gasteiger partial charge in [0.1, 0.15) is 5.78 Å². The summed E-state index contributed by atoms with van der Waals surface area (Å²) >= 11 is 0. The minimum Gasteiger partial charge on any atom is -0.472 e. The van der Waals surface area contributed by atoms with Crippen LogP contribution in [-0.4, -0.2) is 23.6 Å². The van der Waals surface area contributed by atoms with Crippen molar-refractivity contribution in [3.63, 3.8) is 0 Å². The number of Topliss-reactive ketones (excluding diaryl/α,β-unsaturated/α-hetero) is 2. The molecule has 3 aliphatic rings. The van der Waals surface area contributed by atoms with E-state index in [4.69, 9.17) is 9.15 Å². The van der Waals surface area contributed by atoms with Crippen LogP contribution in [0.2, 0.25) is 0 Å². The van der Waals surface area contributed by atoms with E-state index >= 15 is 0 Å². The molecule has 3 saturated carbocycles. The topological polar surface area (TPSA) is 73.6 Å². The maximum Gasteiger partial charge on any atom is 0.306 e. The average molecular weight is 358 g/mol. The van der Waals surface area contributed by atoms with Gasteiger partial charge in [0, 0.05) is 24.7 Å². The van der Waals surface area contributed by atoms with Crippen molar-refractivity contribution in [3.8, 4) is 0 Å². The second-order valence-corrected chi connectivity index (χ2v) is 8.11. The first-order valence-corrected chi connectivity index (χ1v) is 9.86. The Labute approximate surface area is 153 Å². The van der Waals surface area contributed by atoms with Crippen LogP contribution in [0.3, 0.4) is 0 Å². The standard InChI is InChI=1S/C21H26O5/c1-2-19(23)26-18-6-4-12-3-5-15-16(20(12)21(18)24)9-14(10-17(15)22)13-7-8-25-11-13/h7-8,11-12,14-16,18,20H,2-6,9-10H2,1H3. The quantitative estimate of drug-likeness (QED) is 0.771. The molecule has 0 saturated heterocycles. The van der Waals surface area contributed by atoms with Gasteiger partial charge in [-0.2, -0.15) is 0 Å². The molecule has 0 aromatic carbocycles. The summed E-state index contributed by atoms with van der Waals surface area (Å²) in [5, 5.41) is 0. The smallest absolute Gasteiger partial charge is 0.306 e. The predicted molar refractivity (Wildman–Crippen MR) is 93.3 cm³/mol. The molecule has 4 rings (SSSR count). The van der Waals surface area contributed by atoms with Crippen LogP contribution >= 0.6 is 0 Å². The molecular formula is C21H26O5. The lowest BCUT2D eigenvalue weighted by Crippen LogP contribution is -2.51. The van der Waals surface area contributed by atoms with Crippen LogP contribution < -0.4 is 0 Å². The number of ketones is 2. The fraction of sp³-hybridized carbons (Fsp3) is 0.667. The first kappa shape index (κ1) is 17.5. The van der Waals surface area contributed by atoms with E-state index in [2.05, 4.69) is 0 Å². The van der Waals surface area contributed by atoms with Crippen LogP contribution in [0.4, 0.5) is 0 Å². The van der Waals surface area contributed by atoms with Crippen molar-refractivity contribution in [2.24, 2.45) is 23.7 Å². The Bertz CT molecular complexity index is 691. The Hall–Kier alpha value is -1.91. The molecule has 0 radical (unpaired) electrons. The van der Waals surface area contributed by atoms with Gasteiger partial charge in [-0.25, -0.2) is 0 Å². The van der Waals surface area contributed by atoms with Gasteiger partial charge in [0.15, 0.2) is 11.9 Å². The highest BCUT2D eigenvalue weighted by Crippen LogP contribution is 2.52. The van der Waals surface area contributed by atoms with Crippen LogP contribution in [0.15, 0.2) is 23.0 Å². The molecule has 1 aromatic rings. The number of furan rings is 1. The SMILES string of the molecule is CCC(=O)OC1CCC2CCC3C(=O)CC(c4ccoc4)CC3C2C1=O.